The van der Waals surface area contributed by atoms with Crippen LogP contribution in [0.25, 0.3) is 0 Å². The molecule has 1 unspecified atom stereocenters. The Bertz CT molecular complexity index is 572. The molecule has 0 radical (unpaired) electrons. The van der Waals surface area contributed by atoms with Gasteiger partial charge in [0.1, 0.15) is 5.69 Å². The molecule has 19 heavy (non-hydrogen) atoms. The molecule has 0 aliphatic carbocycles. The summed E-state index contributed by atoms with van der Waals surface area (Å²) in [5.74, 6) is 0.785. The van der Waals surface area contributed by atoms with Gasteiger partial charge in [-0.1, -0.05) is 24.3 Å². The van der Waals surface area contributed by atoms with Gasteiger partial charge in [-0.05, 0) is 18.1 Å². The van der Waals surface area contributed by atoms with Gasteiger partial charge >= 0.3 is 0 Å². The molecule has 0 amide bonds. The summed E-state index contributed by atoms with van der Waals surface area (Å²) < 4.78 is 10.3. The highest BCUT2D eigenvalue weighted by Crippen LogP contribution is 2.27. The Labute approximate surface area is 112 Å². The van der Waals surface area contributed by atoms with Gasteiger partial charge in [-0.3, -0.25) is 0 Å². The average molecular weight is 259 g/mol. The molecule has 2 N–H and O–H groups in total. The standard InChI is InChI=1S/C14H17N3O2/c1-9-6-4-5-7-10(9)12(15)13-14(19-3)17-11(18-2)8-16-13/h4-8,12H,15H2,1-3H3. The van der Waals surface area contributed by atoms with Gasteiger partial charge < -0.3 is 15.2 Å². The number of benzene rings is 1. The number of nitrogens with zero attached hydrogens (tertiary/aromatic N) is 2. The van der Waals surface area contributed by atoms with Crippen molar-refractivity contribution in [3.8, 4) is 11.8 Å². The Morgan fingerprint density at radius 3 is 2.53 bits per heavy atom. The van der Waals surface area contributed by atoms with Crippen LogP contribution in [-0.2, 0) is 0 Å². The molecule has 0 fully saturated rings. The molecule has 1 atom stereocenters. The van der Waals surface area contributed by atoms with Crippen molar-refractivity contribution in [2.75, 3.05) is 14.2 Å². The van der Waals surface area contributed by atoms with E-state index < -0.39 is 0 Å². The number of methoxy groups -OCH3 is 2. The fourth-order valence-corrected chi connectivity index (χ4v) is 1.91. The molecule has 0 bridgehead atoms. The quantitative estimate of drug-likeness (QED) is 0.907. The predicted octanol–water partition coefficient (Wildman–Crippen LogP) is 1.85. The summed E-state index contributed by atoms with van der Waals surface area (Å²) in [6.45, 7) is 2.01. The third-order valence-corrected chi connectivity index (χ3v) is 2.97. The van der Waals surface area contributed by atoms with E-state index >= 15 is 0 Å². The second-order valence-electron chi connectivity index (χ2n) is 4.14. The molecule has 1 aromatic heterocycles. The monoisotopic (exact) mass is 259 g/mol. The summed E-state index contributed by atoms with van der Waals surface area (Å²) in [5, 5.41) is 0. The Balaban J connectivity index is 2.44. The van der Waals surface area contributed by atoms with Crippen LogP contribution in [0, 0.1) is 6.92 Å². The van der Waals surface area contributed by atoms with Crippen LogP contribution in [0.5, 0.6) is 11.8 Å². The third kappa shape index (κ3) is 2.66. The van der Waals surface area contributed by atoms with Crippen LogP contribution in [0.2, 0.25) is 0 Å². The van der Waals surface area contributed by atoms with Crippen molar-refractivity contribution in [1.29, 1.82) is 0 Å². The first-order chi connectivity index (χ1) is 9.17. The summed E-state index contributed by atoms with van der Waals surface area (Å²) >= 11 is 0. The van der Waals surface area contributed by atoms with Gasteiger partial charge in [0.25, 0.3) is 0 Å². The van der Waals surface area contributed by atoms with E-state index in [9.17, 15) is 0 Å². The first-order valence-corrected chi connectivity index (χ1v) is 5.93. The highest BCUT2D eigenvalue weighted by molar-refractivity contribution is 5.37. The average Bonchev–Trinajstić information content (AvgIpc) is 2.46. The molecule has 1 heterocycles. The highest BCUT2D eigenvalue weighted by Gasteiger charge is 2.19. The van der Waals surface area contributed by atoms with Gasteiger partial charge in [-0.15, -0.1) is 0 Å². The number of nitrogens with two attached hydrogens (primary N) is 1. The van der Waals surface area contributed by atoms with E-state index in [-0.39, 0.29) is 6.04 Å². The Hall–Kier alpha value is -2.14. The van der Waals surface area contributed by atoms with Gasteiger partial charge in [0.05, 0.1) is 26.5 Å². The maximum Gasteiger partial charge on any atom is 0.240 e. The van der Waals surface area contributed by atoms with Crippen molar-refractivity contribution >= 4 is 0 Å². The third-order valence-electron chi connectivity index (χ3n) is 2.97. The second kappa shape index (κ2) is 5.67. The van der Waals surface area contributed by atoms with Crippen LogP contribution in [0.3, 0.4) is 0 Å². The van der Waals surface area contributed by atoms with Crippen molar-refractivity contribution in [1.82, 2.24) is 9.97 Å². The second-order valence-corrected chi connectivity index (χ2v) is 4.14. The van der Waals surface area contributed by atoms with Crippen LogP contribution in [0.4, 0.5) is 0 Å². The Morgan fingerprint density at radius 2 is 1.89 bits per heavy atom. The van der Waals surface area contributed by atoms with E-state index in [1.807, 2.05) is 31.2 Å². The number of ether oxygens (including phenoxy) is 2. The fourth-order valence-electron chi connectivity index (χ4n) is 1.91. The van der Waals surface area contributed by atoms with E-state index in [1.54, 1.807) is 0 Å². The van der Waals surface area contributed by atoms with Crippen molar-refractivity contribution in [2.24, 2.45) is 5.73 Å². The Kier molecular flexibility index (Phi) is 3.97. The van der Waals surface area contributed by atoms with Crippen molar-refractivity contribution in [3.63, 3.8) is 0 Å². The summed E-state index contributed by atoms with van der Waals surface area (Å²) in [4.78, 5) is 8.50. The number of aromatic nitrogens is 2. The van der Waals surface area contributed by atoms with Crippen LogP contribution in [0.15, 0.2) is 30.5 Å². The van der Waals surface area contributed by atoms with Gasteiger partial charge in [0, 0.05) is 0 Å². The lowest BCUT2D eigenvalue weighted by Crippen LogP contribution is -2.16. The predicted molar refractivity (Wildman–Crippen MR) is 72.3 cm³/mol. The largest absolute Gasteiger partial charge is 0.480 e. The first kappa shape index (κ1) is 13.3. The molecule has 5 nitrogen and oxygen atoms in total. The number of aryl methyl sites for hydroxylation is 1. The summed E-state index contributed by atoms with van der Waals surface area (Å²) in [6.07, 6.45) is 1.54. The lowest BCUT2D eigenvalue weighted by Gasteiger charge is -2.16. The van der Waals surface area contributed by atoms with Gasteiger partial charge in [0.2, 0.25) is 11.8 Å². The first-order valence-electron chi connectivity index (χ1n) is 5.93. The van der Waals surface area contributed by atoms with E-state index in [1.165, 1.54) is 20.4 Å². The normalized spacial score (nSPS) is 12.0. The molecule has 100 valence electrons. The molecule has 0 saturated carbocycles. The van der Waals surface area contributed by atoms with Crippen molar-refractivity contribution < 1.29 is 9.47 Å². The molecule has 0 spiro atoms. The lowest BCUT2D eigenvalue weighted by atomic mass is 9.99. The maximum atomic E-state index is 6.26. The molecular weight excluding hydrogens is 242 g/mol. The molecule has 0 aliphatic rings. The minimum absolute atomic E-state index is 0.380. The maximum absolute atomic E-state index is 6.26. The van der Waals surface area contributed by atoms with Gasteiger partial charge in [0.15, 0.2) is 0 Å². The van der Waals surface area contributed by atoms with Crippen molar-refractivity contribution in [3.05, 3.63) is 47.3 Å². The SMILES string of the molecule is COc1cnc(C(N)c2ccccc2C)c(OC)n1. The van der Waals surface area contributed by atoms with Gasteiger partial charge in [-0.25, -0.2) is 4.98 Å². The smallest absolute Gasteiger partial charge is 0.240 e. The number of rotatable bonds is 4. The van der Waals surface area contributed by atoms with Crippen LogP contribution in [0.1, 0.15) is 22.9 Å². The Morgan fingerprint density at radius 1 is 1.16 bits per heavy atom. The zero-order chi connectivity index (χ0) is 13.8. The topological polar surface area (TPSA) is 70.3 Å². The van der Waals surface area contributed by atoms with Crippen LogP contribution in [-0.4, -0.2) is 24.2 Å². The van der Waals surface area contributed by atoms with Crippen LogP contribution >= 0.6 is 0 Å². The molecule has 2 aromatic rings. The molecule has 2 rings (SSSR count). The minimum Gasteiger partial charge on any atom is -0.480 e. The van der Waals surface area contributed by atoms with Gasteiger partial charge in [-0.2, -0.15) is 4.98 Å². The molecule has 0 saturated heterocycles. The molecule has 5 heteroatoms. The zero-order valence-corrected chi connectivity index (χ0v) is 11.3. The van der Waals surface area contributed by atoms with E-state index in [2.05, 4.69) is 9.97 Å². The number of hydrogen-bond acceptors (Lipinski definition) is 5. The highest BCUT2D eigenvalue weighted by atomic mass is 16.5. The zero-order valence-electron chi connectivity index (χ0n) is 11.3. The molecular formula is C14H17N3O2. The van der Waals surface area contributed by atoms with Crippen LogP contribution < -0.4 is 15.2 Å². The van der Waals surface area contributed by atoms with E-state index in [0.717, 1.165) is 11.1 Å². The fraction of sp³-hybridized carbons (Fsp3) is 0.286. The summed E-state index contributed by atoms with van der Waals surface area (Å²) in [6, 6.07) is 7.53. The number of hydrogen-bond donors (Lipinski definition) is 1. The minimum atomic E-state index is -0.380. The molecule has 1 aromatic carbocycles. The lowest BCUT2D eigenvalue weighted by molar-refractivity contribution is 0.355. The summed E-state index contributed by atoms with van der Waals surface area (Å²) in [5.41, 5.74) is 8.96. The molecule has 0 aliphatic heterocycles. The van der Waals surface area contributed by atoms with E-state index in [0.29, 0.717) is 17.5 Å². The van der Waals surface area contributed by atoms with Crippen molar-refractivity contribution in [2.45, 2.75) is 13.0 Å². The van der Waals surface area contributed by atoms with E-state index in [4.69, 9.17) is 15.2 Å². The summed E-state index contributed by atoms with van der Waals surface area (Å²) in [7, 11) is 3.07.